The van der Waals surface area contributed by atoms with E-state index in [-0.39, 0.29) is 16.9 Å². The van der Waals surface area contributed by atoms with Crippen molar-refractivity contribution in [3.63, 3.8) is 0 Å². The minimum absolute atomic E-state index is 0.00688. The minimum atomic E-state index is -0.443. The Labute approximate surface area is 155 Å². The van der Waals surface area contributed by atoms with E-state index in [0.29, 0.717) is 13.1 Å². The molecule has 0 aliphatic heterocycles. The number of nitrogens with one attached hydrogen (secondary N) is 2. The molecule has 0 bridgehead atoms. The van der Waals surface area contributed by atoms with Gasteiger partial charge in [0.05, 0.1) is 0 Å². The second-order valence-electron chi connectivity index (χ2n) is 7.02. The van der Waals surface area contributed by atoms with Gasteiger partial charge in [-0.05, 0) is 72.2 Å². The van der Waals surface area contributed by atoms with Gasteiger partial charge in [-0.25, -0.2) is 9.59 Å². The molecule has 8 heteroatoms. The van der Waals surface area contributed by atoms with Crippen molar-refractivity contribution in [3.8, 4) is 0 Å². The predicted molar refractivity (Wildman–Crippen MR) is 103 cm³/mol. The van der Waals surface area contributed by atoms with E-state index >= 15 is 0 Å². The third-order valence-electron chi connectivity index (χ3n) is 3.73. The lowest BCUT2D eigenvalue weighted by Gasteiger charge is -2.24. The summed E-state index contributed by atoms with van der Waals surface area (Å²) in [5.41, 5.74) is 0. The first-order chi connectivity index (χ1) is 11.7. The number of hydrogen-bond acceptors (Lipinski definition) is 4. The first-order valence-electron chi connectivity index (χ1n) is 9.04. The number of amidine groups is 1. The first kappa shape index (κ1) is 21.6. The van der Waals surface area contributed by atoms with E-state index in [4.69, 9.17) is 4.74 Å². The van der Waals surface area contributed by atoms with Crippen LogP contribution in [0.3, 0.4) is 0 Å². The van der Waals surface area contributed by atoms with Crippen LogP contribution in [-0.4, -0.2) is 46.9 Å². The maximum Gasteiger partial charge on any atom is 0.348 e. The topological polar surface area (TPSA) is 83.0 Å². The minimum Gasteiger partial charge on any atom is -0.461 e. The SMILES string of the molecule is CCN(CC)C(=O)N=C(NC(=O)NSC(C)(C)C)OC1CCCCC1. The lowest BCUT2D eigenvalue weighted by atomic mass is 9.98. The molecule has 0 spiro atoms. The van der Waals surface area contributed by atoms with Crippen LogP contribution in [0.25, 0.3) is 0 Å². The molecular weight excluding hydrogens is 340 g/mol. The summed E-state index contributed by atoms with van der Waals surface area (Å²) in [6.45, 7) is 10.9. The van der Waals surface area contributed by atoms with Crippen molar-refractivity contribution < 1.29 is 14.3 Å². The van der Waals surface area contributed by atoms with E-state index in [1.807, 2.05) is 34.6 Å². The lowest BCUT2D eigenvalue weighted by Crippen LogP contribution is -2.42. The van der Waals surface area contributed by atoms with Crippen molar-refractivity contribution in [2.45, 2.75) is 77.6 Å². The molecule has 1 fully saturated rings. The van der Waals surface area contributed by atoms with Gasteiger partial charge in [-0.15, -0.1) is 4.99 Å². The summed E-state index contributed by atoms with van der Waals surface area (Å²) in [6.07, 6.45) is 5.20. The second kappa shape index (κ2) is 10.5. The fourth-order valence-electron chi connectivity index (χ4n) is 2.40. The molecule has 0 aromatic heterocycles. The summed E-state index contributed by atoms with van der Waals surface area (Å²) >= 11 is 1.30. The summed E-state index contributed by atoms with van der Waals surface area (Å²) in [5, 5.41) is 2.58. The van der Waals surface area contributed by atoms with Crippen LogP contribution in [0.15, 0.2) is 4.99 Å². The van der Waals surface area contributed by atoms with Crippen LogP contribution in [0.1, 0.15) is 66.7 Å². The van der Waals surface area contributed by atoms with E-state index in [0.717, 1.165) is 25.7 Å². The molecule has 0 saturated heterocycles. The number of amides is 4. The largest absolute Gasteiger partial charge is 0.461 e. The van der Waals surface area contributed by atoms with Crippen LogP contribution in [0.4, 0.5) is 9.59 Å². The zero-order valence-corrected chi connectivity index (χ0v) is 16.9. The number of rotatable bonds is 4. The summed E-state index contributed by atoms with van der Waals surface area (Å²) < 4.78 is 8.41. The molecule has 0 heterocycles. The Hall–Kier alpha value is -1.44. The number of nitrogens with zero attached hydrogens (tertiary/aromatic N) is 2. The van der Waals surface area contributed by atoms with E-state index in [1.165, 1.54) is 18.4 Å². The Morgan fingerprint density at radius 1 is 1.16 bits per heavy atom. The van der Waals surface area contributed by atoms with Gasteiger partial charge in [-0.2, -0.15) is 0 Å². The number of urea groups is 2. The second-order valence-corrected chi connectivity index (χ2v) is 8.65. The van der Waals surface area contributed by atoms with Crippen molar-refractivity contribution in [1.82, 2.24) is 14.9 Å². The quantitative estimate of drug-likeness (QED) is 0.445. The Balaban J connectivity index is 2.75. The number of carbonyl (C=O) groups excluding carboxylic acids is 2. The highest BCUT2D eigenvalue weighted by molar-refractivity contribution is 7.99. The maximum atomic E-state index is 12.2. The van der Waals surface area contributed by atoms with Crippen molar-refractivity contribution in [2.24, 2.45) is 4.99 Å². The molecule has 1 rings (SSSR count). The molecule has 4 amide bonds. The van der Waals surface area contributed by atoms with Gasteiger partial charge in [-0.3, -0.25) is 10.0 Å². The third-order valence-corrected chi connectivity index (χ3v) is 4.63. The van der Waals surface area contributed by atoms with E-state index in [2.05, 4.69) is 15.0 Å². The van der Waals surface area contributed by atoms with Gasteiger partial charge in [0.15, 0.2) is 0 Å². The Morgan fingerprint density at radius 2 is 1.76 bits per heavy atom. The monoisotopic (exact) mass is 372 g/mol. The summed E-state index contributed by atoms with van der Waals surface area (Å²) in [5.74, 6) is 0. The van der Waals surface area contributed by atoms with Crippen LogP contribution >= 0.6 is 11.9 Å². The molecule has 1 aliphatic rings. The maximum absolute atomic E-state index is 12.2. The molecule has 7 nitrogen and oxygen atoms in total. The average molecular weight is 373 g/mol. The standard InChI is InChI=1S/C17H32N4O3S/c1-6-21(7-2)16(23)19-15(24-13-11-9-8-10-12-13)18-14(22)20-25-17(3,4)5/h13H,6-12H2,1-5H3,(H2,18,19,20,22,23). The van der Waals surface area contributed by atoms with Gasteiger partial charge in [0.1, 0.15) is 6.10 Å². The van der Waals surface area contributed by atoms with Gasteiger partial charge >= 0.3 is 18.1 Å². The molecule has 25 heavy (non-hydrogen) atoms. The molecule has 0 aromatic rings. The van der Waals surface area contributed by atoms with Crippen LogP contribution in [0.2, 0.25) is 0 Å². The number of aliphatic imine (C=N–C) groups is 1. The smallest absolute Gasteiger partial charge is 0.348 e. The highest BCUT2D eigenvalue weighted by Crippen LogP contribution is 2.21. The van der Waals surface area contributed by atoms with Crippen LogP contribution in [-0.2, 0) is 4.74 Å². The van der Waals surface area contributed by atoms with Crippen molar-refractivity contribution >= 4 is 30.0 Å². The number of ether oxygens (including phenoxy) is 1. The van der Waals surface area contributed by atoms with Gasteiger partial charge in [-0.1, -0.05) is 6.42 Å². The Kier molecular flexibility index (Phi) is 9.10. The molecule has 1 saturated carbocycles. The molecule has 2 N–H and O–H groups in total. The fraction of sp³-hybridized carbons (Fsp3) is 0.824. The Bertz CT molecular complexity index is 467. The van der Waals surface area contributed by atoms with Gasteiger partial charge in [0.2, 0.25) is 0 Å². The fourth-order valence-corrected chi connectivity index (χ4v) is 2.85. The molecule has 144 valence electrons. The van der Waals surface area contributed by atoms with E-state index < -0.39 is 12.1 Å². The highest BCUT2D eigenvalue weighted by Gasteiger charge is 2.21. The van der Waals surface area contributed by atoms with Crippen molar-refractivity contribution in [2.75, 3.05) is 13.1 Å². The first-order valence-corrected chi connectivity index (χ1v) is 9.86. The molecular formula is C17H32N4O3S. The molecule has 0 unspecified atom stereocenters. The van der Waals surface area contributed by atoms with E-state index in [9.17, 15) is 9.59 Å². The van der Waals surface area contributed by atoms with Crippen molar-refractivity contribution in [3.05, 3.63) is 0 Å². The summed E-state index contributed by atoms with van der Waals surface area (Å²) in [6, 6.07) is -0.864. The van der Waals surface area contributed by atoms with Crippen LogP contribution in [0.5, 0.6) is 0 Å². The Morgan fingerprint density at radius 3 is 2.28 bits per heavy atom. The van der Waals surface area contributed by atoms with Gasteiger partial charge in [0.25, 0.3) is 0 Å². The predicted octanol–water partition coefficient (Wildman–Crippen LogP) is 3.90. The summed E-state index contributed by atoms with van der Waals surface area (Å²) in [4.78, 5) is 29.9. The molecule has 0 radical (unpaired) electrons. The average Bonchev–Trinajstić information content (AvgIpc) is 2.54. The normalized spacial score (nSPS) is 16.3. The lowest BCUT2D eigenvalue weighted by molar-refractivity contribution is 0.135. The highest BCUT2D eigenvalue weighted by atomic mass is 32.2. The zero-order valence-electron chi connectivity index (χ0n) is 16.1. The van der Waals surface area contributed by atoms with Crippen LogP contribution < -0.4 is 10.0 Å². The molecule has 1 aliphatic carbocycles. The third kappa shape index (κ3) is 9.00. The number of hydrogen-bond donors (Lipinski definition) is 2. The van der Waals surface area contributed by atoms with Crippen LogP contribution in [0, 0.1) is 0 Å². The van der Waals surface area contributed by atoms with Gasteiger partial charge in [0, 0.05) is 17.8 Å². The molecule has 0 aromatic carbocycles. The zero-order chi connectivity index (χ0) is 18.9. The van der Waals surface area contributed by atoms with Crippen molar-refractivity contribution in [1.29, 1.82) is 0 Å². The van der Waals surface area contributed by atoms with E-state index in [1.54, 1.807) is 4.90 Å². The summed E-state index contributed by atoms with van der Waals surface area (Å²) in [7, 11) is 0. The number of carbonyl (C=O) groups is 2. The molecule has 0 atom stereocenters. The van der Waals surface area contributed by atoms with Gasteiger partial charge < -0.3 is 9.64 Å².